The lowest BCUT2D eigenvalue weighted by Gasteiger charge is -1.93. The molecule has 0 unspecified atom stereocenters. The number of rotatable bonds is 1. The van der Waals surface area contributed by atoms with Crippen molar-refractivity contribution in [3.63, 3.8) is 0 Å². The van der Waals surface area contributed by atoms with E-state index in [0.717, 1.165) is 11.3 Å². The summed E-state index contributed by atoms with van der Waals surface area (Å²) in [5, 5.41) is 0. The van der Waals surface area contributed by atoms with Crippen LogP contribution in [0.5, 0.6) is 0 Å². The Morgan fingerprint density at radius 2 is 2.14 bits per heavy atom. The maximum atomic E-state index is 6.75. The molecule has 0 saturated carbocycles. The van der Waals surface area contributed by atoms with E-state index in [4.69, 9.17) is 11.0 Å². The minimum absolute atomic E-state index is 0.388. The zero-order chi connectivity index (χ0) is 9.97. The minimum Gasteiger partial charge on any atom is -0.449 e. The molecular formula is C10H5BrN2O. The summed E-state index contributed by atoms with van der Waals surface area (Å²) >= 11 is 3.22. The highest BCUT2D eigenvalue weighted by Gasteiger charge is 2.04. The summed E-state index contributed by atoms with van der Waals surface area (Å²) in [5.74, 6) is 1.13. The van der Waals surface area contributed by atoms with E-state index in [2.05, 4.69) is 25.8 Å². The Bertz CT molecular complexity index is 482. The first kappa shape index (κ1) is 8.97. The highest BCUT2D eigenvalue weighted by atomic mass is 79.9. The third-order valence-corrected chi connectivity index (χ3v) is 2.15. The van der Waals surface area contributed by atoms with Crippen molar-refractivity contribution in [3.05, 3.63) is 46.5 Å². The van der Waals surface area contributed by atoms with Crippen LogP contribution in [-0.2, 0) is 0 Å². The summed E-state index contributed by atoms with van der Waals surface area (Å²) in [6.07, 6.45) is 1.62. The van der Waals surface area contributed by atoms with Gasteiger partial charge in [0.25, 0.3) is 5.82 Å². The summed E-state index contributed by atoms with van der Waals surface area (Å²) in [4.78, 5) is 7.16. The maximum absolute atomic E-state index is 6.75. The van der Waals surface area contributed by atoms with Crippen LogP contribution in [0.4, 0.5) is 5.82 Å². The first-order valence-electron chi connectivity index (χ1n) is 3.89. The van der Waals surface area contributed by atoms with Crippen molar-refractivity contribution in [2.45, 2.75) is 0 Å². The van der Waals surface area contributed by atoms with Gasteiger partial charge in [0.15, 0.2) is 4.67 Å². The second-order valence-electron chi connectivity index (χ2n) is 2.62. The van der Waals surface area contributed by atoms with Gasteiger partial charge < -0.3 is 9.26 Å². The third kappa shape index (κ3) is 1.68. The molecular weight excluding hydrogens is 244 g/mol. The SMILES string of the molecule is [C-]#[N+]c1ccc(-c2ccc(Br)o2)cn1. The first-order valence-corrected chi connectivity index (χ1v) is 4.68. The molecule has 0 N–H and O–H groups in total. The average molecular weight is 249 g/mol. The first-order chi connectivity index (χ1) is 6.79. The van der Waals surface area contributed by atoms with Gasteiger partial charge in [-0.2, -0.15) is 0 Å². The topological polar surface area (TPSA) is 30.4 Å². The Labute approximate surface area is 89.3 Å². The van der Waals surface area contributed by atoms with E-state index in [-0.39, 0.29) is 0 Å². The highest BCUT2D eigenvalue weighted by molar-refractivity contribution is 9.10. The molecule has 0 spiro atoms. The van der Waals surface area contributed by atoms with Gasteiger partial charge in [-0.15, -0.1) is 4.98 Å². The molecule has 4 heteroatoms. The molecule has 0 aliphatic carbocycles. The monoisotopic (exact) mass is 248 g/mol. The summed E-state index contributed by atoms with van der Waals surface area (Å²) < 4.78 is 6.02. The van der Waals surface area contributed by atoms with Gasteiger partial charge in [0.05, 0.1) is 5.56 Å². The van der Waals surface area contributed by atoms with Crippen molar-refractivity contribution in [3.8, 4) is 11.3 Å². The van der Waals surface area contributed by atoms with Crippen molar-refractivity contribution in [1.82, 2.24) is 4.98 Å². The van der Waals surface area contributed by atoms with Crippen LogP contribution < -0.4 is 0 Å². The molecule has 3 nitrogen and oxygen atoms in total. The summed E-state index contributed by atoms with van der Waals surface area (Å²) in [6, 6.07) is 7.14. The third-order valence-electron chi connectivity index (χ3n) is 1.72. The van der Waals surface area contributed by atoms with Crippen LogP contribution in [0.15, 0.2) is 39.5 Å². The van der Waals surface area contributed by atoms with Gasteiger partial charge in [-0.05, 0) is 34.1 Å². The zero-order valence-electron chi connectivity index (χ0n) is 7.07. The smallest absolute Gasteiger partial charge is 0.269 e. The molecule has 0 amide bonds. The number of nitrogens with zero attached hydrogens (tertiary/aromatic N) is 2. The quantitative estimate of drug-likeness (QED) is 0.722. The number of hydrogen-bond donors (Lipinski definition) is 0. The normalized spacial score (nSPS) is 9.71. The van der Waals surface area contributed by atoms with Crippen molar-refractivity contribution < 1.29 is 4.42 Å². The van der Waals surface area contributed by atoms with Crippen molar-refractivity contribution in [1.29, 1.82) is 0 Å². The van der Waals surface area contributed by atoms with Gasteiger partial charge in [-0.1, -0.05) is 12.6 Å². The van der Waals surface area contributed by atoms with Gasteiger partial charge in [-0.3, -0.25) is 0 Å². The van der Waals surface area contributed by atoms with Crippen LogP contribution >= 0.6 is 15.9 Å². The van der Waals surface area contributed by atoms with Crippen LogP contribution in [0.3, 0.4) is 0 Å². The average Bonchev–Trinajstić information content (AvgIpc) is 2.65. The van der Waals surface area contributed by atoms with Gasteiger partial charge in [0.1, 0.15) is 12.0 Å². The molecule has 0 radical (unpaired) electrons. The predicted molar refractivity (Wildman–Crippen MR) is 55.9 cm³/mol. The van der Waals surface area contributed by atoms with E-state index >= 15 is 0 Å². The number of pyridine rings is 1. The number of hydrogen-bond acceptors (Lipinski definition) is 2. The second kappa shape index (κ2) is 3.64. The van der Waals surface area contributed by atoms with E-state index < -0.39 is 0 Å². The van der Waals surface area contributed by atoms with Crippen LogP contribution in [0.25, 0.3) is 16.2 Å². The molecule has 2 heterocycles. The molecule has 0 aromatic carbocycles. The molecule has 0 aliphatic heterocycles. The Morgan fingerprint density at radius 1 is 1.29 bits per heavy atom. The minimum atomic E-state index is 0.388. The molecule has 0 bridgehead atoms. The fourth-order valence-corrected chi connectivity index (χ4v) is 1.37. The Morgan fingerprint density at radius 3 is 2.64 bits per heavy atom. The lowest BCUT2D eigenvalue weighted by molar-refractivity contribution is 0.555. The fourth-order valence-electron chi connectivity index (χ4n) is 1.07. The van der Waals surface area contributed by atoms with E-state index in [1.807, 2.05) is 18.2 Å². The van der Waals surface area contributed by atoms with Crippen LogP contribution in [-0.4, -0.2) is 4.98 Å². The largest absolute Gasteiger partial charge is 0.449 e. The Hall–Kier alpha value is -1.60. The van der Waals surface area contributed by atoms with E-state index in [0.29, 0.717) is 10.5 Å². The zero-order valence-corrected chi connectivity index (χ0v) is 8.65. The standard InChI is InChI=1S/C10H5BrN2O/c1-12-10-5-2-7(6-13-10)8-3-4-9(11)14-8/h2-6H. The molecule has 0 atom stereocenters. The van der Waals surface area contributed by atoms with Crippen LogP contribution in [0.1, 0.15) is 0 Å². The molecule has 0 fully saturated rings. The number of halogens is 1. The highest BCUT2D eigenvalue weighted by Crippen LogP contribution is 2.25. The predicted octanol–water partition coefficient (Wildman–Crippen LogP) is 3.65. The van der Waals surface area contributed by atoms with E-state index in [1.54, 1.807) is 12.3 Å². The molecule has 0 aliphatic rings. The van der Waals surface area contributed by atoms with E-state index in [1.165, 1.54) is 0 Å². The summed E-state index contributed by atoms with van der Waals surface area (Å²) in [6.45, 7) is 6.75. The van der Waals surface area contributed by atoms with Crippen LogP contribution in [0, 0.1) is 6.57 Å². The lowest BCUT2D eigenvalue weighted by Crippen LogP contribution is -1.75. The lowest BCUT2D eigenvalue weighted by atomic mass is 10.2. The molecule has 14 heavy (non-hydrogen) atoms. The van der Waals surface area contributed by atoms with Crippen LogP contribution in [0.2, 0.25) is 0 Å². The van der Waals surface area contributed by atoms with Crippen molar-refractivity contribution >= 4 is 21.7 Å². The van der Waals surface area contributed by atoms with Gasteiger partial charge in [-0.25, -0.2) is 0 Å². The number of furan rings is 1. The molecule has 2 rings (SSSR count). The van der Waals surface area contributed by atoms with Crippen molar-refractivity contribution in [2.24, 2.45) is 0 Å². The molecule has 2 aromatic rings. The molecule has 2 aromatic heterocycles. The van der Waals surface area contributed by atoms with E-state index in [9.17, 15) is 0 Å². The van der Waals surface area contributed by atoms with Gasteiger partial charge >= 0.3 is 0 Å². The second-order valence-corrected chi connectivity index (χ2v) is 3.40. The molecule has 0 saturated heterocycles. The fraction of sp³-hybridized carbons (Fsp3) is 0. The Balaban J connectivity index is 2.39. The summed E-state index contributed by atoms with van der Waals surface area (Å²) in [5.41, 5.74) is 0.864. The summed E-state index contributed by atoms with van der Waals surface area (Å²) in [7, 11) is 0. The number of aromatic nitrogens is 1. The van der Waals surface area contributed by atoms with Crippen molar-refractivity contribution in [2.75, 3.05) is 0 Å². The maximum Gasteiger partial charge on any atom is 0.269 e. The van der Waals surface area contributed by atoms with Gasteiger partial charge in [0.2, 0.25) is 0 Å². The molecule has 68 valence electrons. The Kier molecular flexibility index (Phi) is 2.33. The van der Waals surface area contributed by atoms with Gasteiger partial charge in [0, 0.05) is 0 Å².